The highest BCUT2D eigenvalue weighted by atomic mass is 16.5. The summed E-state index contributed by atoms with van der Waals surface area (Å²) < 4.78 is 5.00. The molecule has 0 aliphatic carbocycles. The van der Waals surface area contributed by atoms with Gasteiger partial charge >= 0.3 is 0 Å². The molecule has 2 aromatic rings. The first-order valence-corrected chi connectivity index (χ1v) is 8.59. The lowest BCUT2D eigenvalue weighted by atomic mass is 10.1. The first kappa shape index (κ1) is 16.6. The molecule has 6 nitrogen and oxygen atoms in total. The zero-order valence-electron chi connectivity index (χ0n) is 14.1. The number of hydrogen-bond acceptors (Lipinski definition) is 5. The Morgan fingerprint density at radius 1 is 1.17 bits per heavy atom. The number of methoxy groups -OCH3 is 1. The summed E-state index contributed by atoms with van der Waals surface area (Å²) in [5.41, 5.74) is 0.392. The smallest absolute Gasteiger partial charge is 0.272 e. The van der Waals surface area contributed by atoms with Gasteiger partial charge in [0, 0.05) is 44.1 Å². The summed E-state index contributed by atoms with van der Waals surface area (Å²) >= 11 is 0. The zero-order valence-corrected chi connectivity index (χ0v) is 14.1. The van der Waals surface area contributed by atoms with E-state index in [4.69, 9.17) is 4.74 Å². The van der Waals surface area contributed by atoms with Crippen molar-refractivity contribution < 1.29 is 9.53 Å². The number of hydrogen-bond donors (Lipinski definition) is 1. The summed E-state index contributed by atoms with van der Waals surface area (Å²) in [6, 6.07) is 7.89. The molecule has 1 fully saturated rings. The normalized spacial score (nSPS) is 14.8. The number of benzene rings is 1. The van der Waals surface area contributed by atoms with Gasteiger partial charge in [-0.25, -0.2) is 0 Å². The van der Waals surface area contributed by atoms with Crippen LogP contribution in [0, 0.1) is 0 Å². The standard InChI is InChI=1S/C18H24N4O2/c1-24-13-7-10-19-18(23)16-14-8-3-4-9-15(14)17(21-20-16)22-11-5-2-6-12-22/h3-4,8-9H,2,5-7,10-13H2,1H3,(H,19,23). The van der Waals surface area contributed by atoms with Gasteiger partial charge in [-0.05, 0) is 25.7 Å². The third kappa shape index (κ3) is 3.64. The lowest BCUT2D eigenvalue weighted by Gasteiger charge is -2.28. The Hall–Kier alpha value is -2.21. The van der Waals surface area contributed by atoms with Crippen molar-refractivity contribution in [3.63, 3.8) is 0 Å². The van der Waals surface area contributed by atoms with E-state index >= 15 is 0 Å². The predicted molar refractivity (Wildman–Crippen MR) is 94.4 cm³/mol. The van der Waals surface area contributed by atoms with E-state index in [1.165, 1.54) is 19.3 Å². The van der Waals surface area contributed by atoms with Crippen LogP contribution in [-0.4, -0.2) is 49.5 Å². The van der Waals surface area contributed by atoms with Gasteiger partial charge in [0.25, 0.3) is 5.91 Å². The molecule has 0 bridgehead atoms. The molecule has 0 spiro atoms. The Morgan fingerprint density at radius 3 is 2.67 bits per heavy atom. The Bertz CT molecular complexity index is 698. The number of carbonyl (C=O) groups is 1. The van der Waals surface area contributed by atoms with E-state index in [1.807, 2.05) is 24.3 Å². The van der Waals surface area contributed by atoms with Crippen LogP contribution in [0.1, 0.15) is 36.2 Å². The van der Waals surface area contributed by atoms with Crippen LogP contribution in [0.3, 0.4) is 0 Å². The minimum atomic E-state index is -0.181. The van der Waals surface area contributed by atoms with E-state index in [0.717, 1.165) is 36.1 Å². The Balaban J connectivity index is 1.86. The monoisotopic (exact) mass is 328 g/mol. The fourth-order valence-electron chi connectivity index (χ4n) is 3.10. The van der Waals surface area contributed by atoms with Crippen LogP contribution < -0.4 is 10.2 Å². The third-order valence-corrected chi connectivity index (χ3v) is 4.35. The average Bonchev–Trinajstić information content (AvgIpc) is 2.65. The maximum Gasteiger partial charge on any atom is 0.272 e. The molecule has 0 saturated carbocycles. The number of ether oxygens (including phenoxy) is 1. The molecule has 1 aliphatic heterocycles. The van der Waals surface area contributed by atoms with E-state index in [0.29, 0.717) is 18.8 Å². The highest BCUT2D eigenvalue weighted by Crippen LogP contribution is 2.27. The van der Waals surface area contributed by atoms with Gasteiger partial charge in [0.05, 0.1) is 0 Å². The van der Waals surface area contributed by atoms with Crippen molar-refractivity contribution in [3.8, 4) is 0 Å². The summed E-state index contributed by atoms with van der Waals surface area (Å²) in [5, 5.41) is 13.4. The third-order valence-electron chi connectivity index (χ3n) is 4.35. The average molecular weight is 328 g/mol. The number of rotatable bonds is 6. The van der Waals surface area contributed by atoms with Gasteiger partial charge < -0.3 is 15.0 Å². The maximum atomic E-state index is 12.4. The largest absolute Gasteiger partial charge is 0.385 e. The van der Waals surface area contributed by atoms with Crippen molar-refractivity contribution in [2.24, 2.45) is 0 Å². The van der Waals surface area contributed by atoms with E-state index < -0.39 is 0 Å². The summed E-state index contributed by atoms with van der Waals surface area (Å²) in [7, 11) is 1.65. The van der Waals surface area contributed by atoms with Crippen LogP contribution in [0.15, 0.2) is 24.3 Å². The van der Waals surface area contributed by atoms with Gasteiger partial charge in [0.15, 0.2) is 11.5 Å². The highest BCUT2D eigenvalue weighted by molar-refractivity contribution is 6.07. The summed E-state index contributed by atoms with van der Waals surface area (Å²) in [6.07, 6.45) is 4.40. The van der Waals surface area contributed by atoms with Crippen molar-refractivity contribution in [1.82, 2.24) is 15.5 Å². The van der Waals surface area contributed by atoms with E-state index in [1.54, 1.807) is 7.11 Å². The molecule has 0 radical (unpaired) electrons. The molecule has 0 atom stereocenters. The van der Waals surface area contributed by atoms with Crippen molar-refractivity contribution in [3.05, 3.63) is 30.0 Å². The van der Waals surface area contributed by atoms with Gasteiger partial charge in [0.1, 0.15) is 0 Å². The van der Waals surface area contributed by atoms with Crippen LogP contribution in [-0.2, 0) is 4.74 Å². The van der Waals surface area contributed by atoms with Gasteiger partial charge in [-0.15, -0.1) is 10.2 Å². The Labute approximate surface area is 142 Å². The summed E-state index contributed by atoms with van der Waals surface area (Å²) in [5.74, 6) is 0.709. The highest BCUT2D eigenvalue weighted by Gasteiger charge is 2.19. The fraction of sp³-hybridized carbons (Fsp3) is 0.500. The molecule has 1 N–H and O–H groups in total. The molecule has 6 heteroatoms. The van der Waals surface area contributed by atoms with E-state index in [-0.39, 0.29) is 5.91 Å². The second kappa shape index (κ2) is 8.06. The molecular weight excluding hydrogens is 304 g/mol. The molecule has 1 saturated heterocycles. The molecule has 1 aromatic heterocycles. The van der Waals surface area contributed by atoms with Crippen molar-refractivity contribution >= 4 is 22.5 Å². The second-order valence-electron chi connectivity index (χ2n) is 6.07. The van der Waals surface area contributed by atoms with Crippen LogP contribution in [0.2, 0.25) is 0 Å². The number of nitrogens with one attached hydrogen (secondary N) is 1. The van der Waals surface area contributed by atoms with Gasteiger partial charge in [-0.1, -0.05) is 24.3 Å². The molecule has 1 aromatic carbocycles. The lowest BCUT2D eigenvalue weighted by molar-refractivity contribution is 0.0944. The Morgan fingerprint density at radius 2 is 1.92 bits per heavy atom. The van der Waals surface area contributed by atoms with Crippen LogP contribution in [0.25, 0.3) is 10.8 Å². The van der Waals surface area contributed by atoms with Crippen LogP contribution in [0.5, 0.6) is 0 Å². The molecular formula is C18H24N4O2. The molecule has 128 valence electrons. The lowest BCUT2D eigenvalue weighted by Crippen LogP contribution is -2.31. The minimum absolute atomic E-state index is 0.181. The number of amides is 1. The number of aromatic nitrogens is 2. The van der Waals surface area contributed by atoms with E-state index in [2.05, 4.69) is 20.4 Å². The van der Waals surface area contributed by atoms with Gasteiger partial charge in [-0.3, -0.25) is 4.79 Å². The molecule has 3 rings (SSSR count). The number of nitrogens with zero attached hydrogens (tertiary/aromatic N) is 3. The number of fused-ring (bicyclic) bond motifs is 1. The Kier molecular flexibility index (Phi) is 5.59. The summed E-state index contributed by atoms with van der Waals surface area (Å²) in [4.78, 5) is 14.7. The van der Waals surface area contributed by atoms with Gasteiger partial charge in [-0.2, -0.15) is 0 Å². The molecule has 2 heterocycles. The fourth-order valence-corrected chi connectivity index (χ4v) is 3.10. The number of anilines is 1. The second-order valence-corrected chi connectivity index (χ2v) is 6.07. The quantitative estimate of drug-likeness (QED) is 0.825. The first-order valence-electron chi connectivity index (χ1n) is 8.59. The van der Waals surface area contributed by atoms with Gasteiger partial charge in [0.2, 0.25) is 0 Å². The van der Waals surface area contributed by atoms with Crippen LogP contribution >= 0.6 is 0 Å². The number of piperidine rings is 1. The minimum Gasteiger partial charge on any atom is -0.385 e. The van der Waals surface area contributed by atoms with Crippen molar-refractivity contribution in [1.29, 1.82) is 0 Å². The molecule has 24 heavy (non-hydrogen) atoms. The molecule has 0 unspecified atom stereocenters. The maximum absolute atomic E-state index is 12.4. The summed E-state index contributed by atoms with van der Waals surface area (Å²) in [6.45, 7) is 3.19. The van der Waals surface area contributed by atoms with Crippen molar-refractivity contribution in [2.45, 2.75) is 25.7 Å². The number of carbonyl (C=O) groups excluding carboxylic acids is 1. The topological polar surface area (TPSA) is 67.3 Å². The SMILES string of the molecule is COCCCNC(=O)c1nnc(N2CCCCC2)c2ccccc12. The predicted octanol–water partition coefficient (Wildman–Crippen LogP) is 2.39. The van der Waals surface area contributed by atoms with E-state index in [9.17, 15) is 4.79 Å². The molecule has 1 amide bonds. The first-order chi connectivity index (χ1) is 11.8. The van der Waals surface area contributed by atoms with Crippen molar-refractivity contribution in [2.75, 3.05) is 38.3 Å². The zero-order chi connectivity index (χ0) is 16.8. The molecule has 1 aliphatic rings. The van der Waals surface area contributed by atoms with Crippen LogP contribution in [0.4, 0.5) is 5.82 Å².